The molecule has 1 aliphatic heterocycles. The lowest BCUT2D eigenvalue weighted by Gasteiger charge is -2.39. The van der Waals surface area contributed by atoms with Crippen LogP contribution in [-0.2, 0) is 6.54 Å². The highest BCUT2D eigenvalue weighted by molar-refractivity contribution is 5.91. The number of aromatic hydroxyl groups is 1. The SMILES string of the molecule is Nc1ncccc1-c1nc2ccc(-c3ccccc3)nc2n1-c1ccc(C2CN(Cc3cc(O)c(C(=O)O)c(F)c3)C2)cc1. The molecule has 0 aliphatic carbocycles. The van der Waals surface area contributed by atoms with Crippen molar-refractivity contribution in [1.29, 1.82) is 0 Å². The number of aromatic carboxylic acids is 1. The average Bonchev–Trinajstić information content (AvgIpc) is 3.37. The fraction of sp³-hybridized carbons (Fsp3) is 0.118. The molecule has 1 fully saturated rings. The van der Waals surface area contributed by atoms with Crippen molar-refractivity contribution in [3.05, 3.63) is 120 Å². The molecule has 7 rings (SSSR count). The molecule has 1 aliphatic rings. The van der Waals surface area contributed by atoms with Crippen molar-refractivity contribution in [3.8, 4) is 34.1 Å². The molecule has 0 unspecified atom stereocenters. The summed E-state index contributed by atoms with van der Waals surface area (Å²) in [5.74, 6) is -1.70. The molecule has 218 valence electrons. The third kappa shape index (κ3) is 4.91. The Labute approximate surface area is 251 Å². The van der Waals surface area contributed by atoms with Crippen molar-refractivity contribution in [3.63, 3.8) is 0 Å². The quantitative estimate of drug-likeness (QED) is 0.212. The van der Waals surface area contributed by atoms with Crippen LogP contribution < -0.4 is 5.73 Å². The molecule has 0 atom stereocenters. The van der Waals surface area contributed by atoms with Gasteiger partial charge in [-0.05, 0) is 59.7 Å². The Morgan fingerprint density at radius 2 is 1.73 bits per heavy atom. The van der Waals surface area contributed by atoms with Crippen LogP contribution in [0.5, 0.6) is 5.75 Å². The number of carboxylic acid groups (broad SMARTS) is 1. The van der Waals surface area contributed by atoms with Gasteiger partial charge in [0.2, 0.25) is 0 Å². The molecule has 4 N–H and O–H groups in total. The van der Waals surface area contributed by atoms with Gasteiger partial charge in [0.15, 0.2) is 11.5 Å². The zero-order chi connectivity index (χ0) is 30.4. The van der Waals surface area contributed by atoms with Crippen molar-refractivity contribution < 1.29 is 19.4 Å². The van der Waals surface area contributed by atoms with Crippen LogP contribution >= 0.6 is 0 Å². The number of benzene rings is 3. The van der Waals surface area contributed by atoms with Crippen LogP contribution in [0.4, 0.5) is 10.2 Å². The molecule has 3 aromatic carbocycles. The maximum absolute atomic E-state index is 14.2. The molecular weight excluding hydrogens is 559 g/mol. The molecule has 1 saturated heterocycles. The smallest absolute Gasteiger partial charge is 0.342 e. The van der Waals surface area contributed by atoms with E-state index in [-0.39, 0.29) is 5.92 Å². The molecule has 0 bridgehead atoms. The number of fused-ring (bicyclic) bond motifs is 1. The number of likely N-dealkylation sites (tertiary alicyclic amines) is 1. The summed E-state index contributed by atoms with van der Waals surface area (Å²) >= 11 is 0. The Morgan fingerprint density at radius 1 is 0.955 bits per heavy atom. The van der Waals surface area contributed by atoms with Gasteiger partial charge in [0.05, 0.1) is 11.3 Å². The average molecular weight is 587 g/mol. The van der Waals surface area contributed by atoms with E-state index < -0.39 is 23.1 Å². The van der Waals surface area contributed by atoms with Crippen LogP contribution in [0.2, 0.25) is 0 Å². The minimum absolute atomic E-state index is 0.275. The number of carbonyl (C=O) groups is 1. The van der Waals surface area contributed by atoms with E-state index in [4.69, 9.17) is 20.8 Å². The molecule has 0 spiro atoms. The van der Waals surface area contributed by atoms with Crippen LogP contribution in [0.25, 0.3) is 39.5 Å². The van der Waals surface area contributed by atoms with E-state index in [0.29, 0.717) is 35.0 Å². The minimum Gasteiger partial charge on any atom is -0.507 e. The summed E-state index contributed by atoms with van der Waals surface area (Å²) in [5, 5.41) is 19.1. The number of phenols is 1. The number of nitrogens with two attached hydrogens (primary N) is 1. The van der Waals surface area contributed by atoms with E-state index in [1.807, 2.05) is 71.3 Å². The molecule has 10 heteroatoms. The third-order valence-corrected chi connectivity index (χ3v) is 7.98. The summed E-state index contributed by atoms with van der Waals surface area (Å²) in [6.07, 6.45) is 1.65. The van der Waals surface area contributed by atoms with Crippen molar-refractivity contribution in [1.82, 2.24) is 24.4 Å². The molecule has 0 radical (unpaired) electrons. The largest absolute Gasteiger partial charge is 0.507 e. The number of nitrogen functional groups attached to an aromatic ring is 1. The predicted molar refractivity (Wildman–Crippen MR) is 165 cm³/mol. The number of hydrogen-bond acceptors (Lipinski definition) is 7. The van der Waals surface area contributed by atoms with Gasteiger partial charge in [0.1, 0.15) is 28.5 Å². The highest BCUT2D eigenvalue weighted by Crippen LogP contribution is 2.34. The molecule has 3 aromatic heterocycles. The van der Waals surface area contributed by atoms with Gasteiger partial charge in [-0.2, -0.15) is 0 Å². The number of hydrogen-bond donors (Lipinski definition) is 3. The number of nitrogens with zero attached hydrogens (tertiary/aromatic N) is 5. The second-order valence-electron chi connectivity index (χ2n) is 10.9. The number of aromatic nitrogens is 4. The second-order valence-corrected chi connectivity index (χ2v) is 10.9. The monoisotopic (exact) mass is 586 g/mol. The lowest BCUT2D eigenvalue weighted by Crippen LogP contribution is -2.44. The standard InChI is InChI=1S/C34H27FN6O3/c35-26-15-20(16-29(42)30(26)34(43)44)17-40-18-23(19-40)21-8-10-24(11-9-21)41-32(25-7-4-14-37-31(25)36)39-28-13-12-27(38-33(28)41)22-5-2-1-3-6-22/h1-16,23,42H,17-19H2,(H2,36,37)(H,43,44). The maximum atomic E-state index is 14.2. The van der Waals surface area contributed by atoms with E-state index in [0.717, 1.165) is 41.1 Å². The zero-order valence-corrected chi connectivity index (χ0v) is 23.4. The summed E-state index contributed by atoms with van der Waals surface area (Å²) in [5.41, 5.74) is 12.1. The molecule has 6 aromatic rings. The zero-order valence-electron chi connectivity index (χ0n) is 23.4. The molecule has 44 heavy (non-hydrogen) atoms. The minimum atomic E-state index is -1.49. The Bertz CT molecular complexity index is 2000. The summed E-state index contributed by atoms with van der Waals surface area (Å²) in [7, 11) is 0. The summed E-state index contributed by atoms with van der Waals surface area (Å²) in [4.78, 5) is 27.5. The first-order valence-corrected chi connectivity index (χ1v) is 14.1. The topological polar surface area (TPSA) is 130 Å². The first-order chi connectivity index (χ1) is 21.4. The molecule has 9 nitrogen and oxygen atoms in total. The van der Waals surface area contributed by atoms with E-state index in [1.165, 1.54) is 12.1 Å². The maximum Gasteiger partial charge on any atom is 0.342 e. The number of pyridine rings is 2. The van der Waals surface area contributed by atoms with E-state index in [2.05, 4.69) is 22.0 Å². The van der Waals surface area contributed by atoms with E-state index in [9.17, 15) is 14.3 Å². The normalized spacial score (nSPS) is 13.7. The Balaban J connectivity index is 1.17. The fourth-order valence-electron chi connectivity index (χ4n) is 5.77. The molecular formula is C34H27FN6O3. The van der Waals surface area contributed by atoms with Gasteiger partial charge in [-0.1, -0.05) is 42.5 Å². The van der Waals surface area contributed by atoms with Crippen LogP contribution in [0.15, 0.2) is 97.2 Å². The van der Waals surface area contributed by atoms with Crippen LogP contribution in [0, 0.1) is 5.82 Å². The predicted octanol–water partition coefficient (Wildman–Crippen LogP) is 5.87. The number of halogens is 1. The summed E-state index contributed by atoms with van der Waals surface area (Å²) in [6.45, 7) is 1.90. The van der Waals surface area contributed by atoms with E-state index in [1.54, 1.807) is 6.20 Å². The van der Waals surface area contributed by atoms with Crippen LogP contribution in [-0.4, -0.2) is 53.7 Å². The summed E-state index contributed by atoms with van der Waals surface area (Å²) in [6, 6.07) is 28.4. The first kappa shape index (κ1) is 27.2. The number of anilines is 1. The second kappa shape index (κ2) is 10.9. The van der Waals surface area contributed by atoms with Gasteiger partial charge in [-0.15, -0.1) is 0 Å². The fourth-order valence-corrected chi connectivity index (χ4v) is 5.77. The van der Waals surface area contributed by atoms with Gasteiger partial charge in [-0.25, -0.2) is 24.1 Å². The molecule has 0 saturated carbocycles. The van der Waals surface area contributed by atoms with Crippen molar-refractivity contribution in [2.75, 3.05) is 18.8 Å². The number of carboxylic acids is 1. The van der Waals surface area contributed by atoms with Crippen LogP contribution in [0.3, 0.4) is 0 Å². The third-order valence-electron chi connectivity index (χ3n) is 7.98. The molecule has 0 amide bonds. The van der Waals surface area contributed by atoms with Gasteiger partial charge in [0, 0.05) is 43.0 Å². The Morgan fingerprint density at radius 3 is 2.43 bits per heavy atom. The number of imidazole rings is 1. The van der Waals surface area contributed by atoms with Gasteiger partial charge < -0.3 is 15.9 Å². The molecule has 4 heterocycles. The van der Waals surface area contributed by atoms with Crippen molar-refractivity contribution in [2.24, 2.45) is 0 Å². The van der Waals surface area contributed by atoms with Gasteiger partial charge in [0.25, 0.3) is 0 Å². The van der Waals surface area contributed by atoms with Gasteiger partial charge in [-0.3, -0.25) is 9.47 Å². The Hall–Kier alpha value is -5.61. The van der Waals surface area contributed by atoms with Crippen molar-refractivity contribution in [2.45, 2.75) is 12.5 Å². The lowest BCUT2D eigenvalue weighted by molar-refractivity contribution is 0.0688. The summed E-state index contributed by atoms with van der Waals surface area (Å²) < 4.78 is 16.2. The number of rotatable bonds is 7. The Kier molecular flexibility index (Phi) is 6.75. The highest BCUT2D eigenvalue weighted by atomic mass is 19.1. The van der Waals surface area contributed by atoms with Crippen molar-refractivity contribution >= 4 is 23.0 Å². The first-order valence-electron chi connectivity index (χ1n) is 14.1. The highest BCUT2D eigenvalue weighted by Gasteiger charge is 2.29. The van der Waals surface area contributed by atoms with E-state index >= 15 is 0 Å². The van der Waals surface area contributed by atoms with Gasteiger partial charge >= 0.3 is 5.97 Å². The lowest BCUT2D eigenvalue weighted by atomic mass is 9.91. The van der Waals surface area contributed by atoms with Crippen LogP contribution in [0.1, 0.15) is 27.4 Å².